The fraction of sp³-hybridized carbons (Fsp3) is 0.576. The Balaban J connectivity index is 1.52. The maximum absolute atomic E-state index is 12.4. The molecule has 210 valence electrons. The number of ether oxygens (including phenoxy) is 2. The number of esters is 1. The molecule has 0 amide bonds. The van der Waals surface area contributed by atoms with Crippen LogP contribution in [0.5, 0.6) is 11.5 Å². The molecule has 0 aromatic heterocycles. The van der Waals surface area contributed by atoms with E-state index in [0.29, 0.717) is 11.3 Å². The summed E-state index contributed by atoms with van der Waals surface area (Å²) in [6.45, 7) is 3.14. The second kappa shape index (κ2) is 20.2. The molecule has 0 saturated heterocycles. The molecule has 2 aromatic carbocycles. The average molecular weight is 524 g/mol. The molecule has 0 spiro atoms. The lowest BCUT2D eigenvalue weighted by Gasteiger charge is -2.05. The van der Waals surface area contributed by atoms with Gasteiger partial charge in [-0.05, 0) is 55.0 Å². The predicted octanol–water partition coefficient (Wildman–Crippen LogP) is 8.95. The van der Waals surface area contributed by atoms with Crippen LogP contribution in [0.15, 0.2) is 53.3 Å². The molecule has 0 fully saturated rings. The standard InChI is InChI=1S/C33H49NO4/c1-3-4-5-6-7-8-9-10-11-12-13-14-15-16-17-18-27-34-29-21-25-31(35)32(26-22-29)38-33(36)28-19-23-30(37-2)24-20-28/h19-26,34H,3-18,27H2,1-2H3. The molecule has 2 aromatic rings. The van der Waals surface area contributed by atoms with Gasteiger partial charge in [0.15, 0.2) is 5.75 Å². The molecule has 1 N–H and O–H groups in total. The number of hydrogen-bond acceptors (Lipinski definition) is 5. The topological polar surface area (TPSA) is 64.6 Å². The highest BCUT2D eigenvalue weighted by Gasteiger charge is 2.10. The van der Waals surface area contributed by atoms with Gasteiger partial charge >= 0.3 is 5.97 Å². The van der Waals surface area contributed by atoms with E-state index >= 15 is 0 Å². The van der Waals surface area contributed by atoms with Gasteiger partial charge in [0.05, 0.1) is 12.7 Å². The van der Waals surface area contributed by atoms with Crippen LogP contribution in [0.2, 0.25) is 0 Å². The zero-order valence-electron chi connectivity index (χ0n) is 23.8. The molecule has 0 radical (unpaired) electrons. The van der Waals surface area contributed by atoms with Crippen LogP contribution >= 0.6 is 0 Å². The van der Waals surface area contributed by atoms with Crippen molar-refractivity contribution in [2.24, 2.45) is 0 Å². The average Bonchev–Trinajstić information content (AvgIpc) is 3.11. The zero-order valence-corrected chi connectivity index (χ0v) is 23.8. The molecule has 0 atom stereocenters. The predicted molar refractivity (Wildman–Crippen MR) is 159 cm³/mol. The van der Waals surface area contributed by atoms with Crippen molar-refractivity contribution in [3.63, 3.8) is 0 Å². The summed E-state index contributed by atoms with van der Waals surface area (Å²) in [6, 6.07) is 13.1. The number of nitrogens with one attached hydrogen (secondary N) is 1. The summed E-state index contributed by atoms with van der Waals surface area (Å²) in [5.41, 5.74) is 0.871. The highest BCUT2D eigenvalue weighted by molar-refractivity contribution is 5.91. The van der Waals surface area contributed by atoms with Gasteiger partial charge in [0.1, 0.15) is 5.75 Å². The first kappa shape index (κ1) is 31.4. The third kappa shape index (κ3) is 13.6. The number of methoxy groups -OCH3 is 1. The minimum atomic E-state index is -0.571. The molecule has 0 aliphatic carbocycles. The highest BCUT2D eigenvalue weighted by Crippen LogP contribution is 2.16. The maximum Gasteiger partial charge on any atom is 0.343 e. The van der Waals surface area contributed by atoms with Crippen LogP contribution in [0.25, 0.3) is 0 Å². The van der Waals surface area contributed by atoms with Crippen LogP contribution in [0.1, 0.15) is 120 Å². The normalized spacial score (nSPS) is 10.8. The van der Waals surface area contributed by atoms with Gasteiger partial charge in [-0.15, -0.1) is 0 Å². The van der Waals surface area contributed by atoms with Crippen molar-refractivity contribution in [3.8, 4) is 11.5 Å². The van der Waals surface area contributed by atoms with E-state index in [9.17, 15) is 9.59 Å². The van der Waals surface area contributed by atoms with Gasteiger partial charge in [-0.25, -0.2) is 4.79 Å². The Morgan fingerprint density at radius 3 is 1.68 bits per heavy atom. The van der Waals surface area contributed by atoms with Gasteiger partial charge in [0, 0.05) is 12.2 Å². The van der Waals surface area contributed by atoms with Gasteiger partial charge in [-0.3, -0.25) is 4.79 Å². The second-order valence-electron chi connectivity index (χ2n) is 10.2. The van der Waals surface area contributed by atoms with Crippen LogP contribution in [0.3, 0.4) is 0 Å². The second-order valence-corrected chi connectivity index (χ2v) is 10.2. The number of anilines is 1. The van der Waals surface area contributed by atoms with Crippen molar-refractivity contribution in [1.82, 2.24) is 0 Å². The number of benzene rings is 1. The van der Waals surface area contributed by atoms with Crippen molar-refractivity contribution >= 4 is 11.7 Å². The minimum Gasteiger partial charge on any atom is -0.497 e. The van der Waals surface area contributed by atoms with E-state index in [0.717, 1.165) is 18.7 Å². The molecular formula is C33H49NO4. The molecule has 0 saturated carbocycles. The smallest absolute Gasteiger partial charge is 0.343 e. The monoisotopic (exact) mass is 523 g/mol. The van der Waals surface area contributed by atoms with Gasteiger partial charge in [-0.1, -0.05) is 103 Å². The number of hydrogen-bond donors (Lipinski definition) is 1. The Labute approximate surface area is 230 Å². The summed E-state index contributed by atoms with van der Waals surface area (Å²) in [7, 11) is 1.56. The Hall–Kier alpha value is -2.82. The summed E-state index contributed by atoms with van der Waals surface area (Å²) < 4.78 is 10.4. The molecule has 0 heterocycles. The zero-order chi connectivity index (χ0) is 27.3. The summed E-state index contributed by atoms with van der Waals surface area (Å²) in [4.78, 5) is 24.7. The lowest BCUT2D eigenvalue weighted by atomic mass is 10.0. The Kier molecular flexibility index (Phi) is 16.7. The molecule has 0 aliphatic rings. The molecule has 5 heteroatoms. The van der Waals surface area contributed by atoms with Crippen molar-refractivity contribution in [1.29, 1.82) is 0 Å². The summed E-state index contributed by atoms with van der Waals surface area (Å²) in [5.74, 6) is 0.0946. The molecule has 0 bridgehead atoms. The summed E-state index contributed by atoms with van der Waals surface area (Å²) in [6.07, 6.45) is 21.7. The maximum atomic E-state index is 12.4. The fourth-order valence-corrected chi connectivity index (χ4v) is 4.54. The Morgan fingerprint density at radius 1 is 0.658 bits per heavy atom. The van der Waals surface area contributed by atoms with Crippen molar-refractivity contribution in [3.05, 3.63) is 64.3 Å². The largest absolute Gasteiger partial charge is 0.497 e. The number of unbranched alkanes of at least 4 members (excludes halogenated alkanes) is 15. The third-order valence-corrected chi connectivity index (χ3v) is 6.96. The fourth-order valence-electron chi connectivity index (χ4n) is 4.54. The van der Waals surface area contributed by atoms with E-state index < -0.39 is 5.97 Å². The van der Waals surface area contributed by atoms with E-state index in [1.165, 1.54) is 102 Å². The van der Waals surface area contributed by atoms with E-state index in [1.54, 1.807) is 49.6 Å². The third-order valence-electron chi connectivity index (χ3n) is 6.96. The molecule has 0 unspecified atom stereocenters. The van der Waals surface area contributed by atoms with Gasteiger partial charge in [-0.2, -0.15) is 0 Å². The molecule has 0 aliphatic heterocycles. The quantitative estimate of drug-likeness (QED) is 0.131. The Morgan fingerprint density at radius 2 is 1.16 bits per heavy atom. The minimum absolute atomic E-state index is 0.0151. The SMILES string of the molecule is CCCCCCCCCCCCCCCCCCNc1ccc(OC(=O)c2ccc(OC)cc2)c(=O)cc1. The van der Waals surface area contributed by atoms with Crippen LogP contribution in [-0.4, -0.2) is 19.6 Å². The van der Waals surface area contributed by atoms with Crippen LogP contribution in [0, 0.1) is 0 Å². The van der Waals surface area contributed by atoms with Crippen molar-refractivity contribution in [2.75, 3.05) is 19.0 Å². The molecule has 38 heavy (non-hydrogen) atoms. The van der Waals surface area contributed by atoms with Gasteiger partial charge < -0.3 is 14.8 Å². The van der Waals surface area contributed by atoms with Crippen molar-refractivity contribution in [2.45, 2.75) is 110 Å². The first-order valence-corrected chi connectivity index (χ1v) is 14.9. The first-order chi connectivity index (χ1) is 18.6. The highest BCUT2D eigenvalue weighted by atomic mass is 16.5. The lowest BCUT2D eigenvalue weighted by molar-refractivity contribution is 0.0733. The lowest BCUT2D eigenvalue weighted by Crippen LogP contribution is -2.13. The van der Waals surface area contributed by atoms with Crippen LogP contribution in [-0.2, 0) is 0 Å². The molecule has 5 nitrogen and oxygen atoms in total. The molecular weight excluding hydrogens is 474 g/mol. The van der Waals surface area contributed by atoms with E-state index in [1.807, 2.05) is 0 Å². The summed E-state index contributed by atoms with van der Waals surface area (Å²) >= 11 is 0. The van der Waals surface area contributed by atoms with Gasteiger partial charge in [0.25, 0.3) is 0 Å². The molecule has 2 rings (SSSR count). The Bertz CT molecular complexity index is 958. The number of carbonyl (C=O) groups excluding carboxylic acids is 1. The van der Waals surface area contributed by atoms with E-state index in [-0.39, 0.29) is 11.2 Å². The number of carbonyl (C=O) groups is 1. The number of rotatable bonds is 21. The van der Waals surface area contributed by atoms with Gasteiger partial charge in [0.2, 0.25) is 5.43 Å². The van der Waals surface area contributed by atoms with E-state index in [2.05, 4.69) is 12.2 Å². The van der Waals surface area contributed by atoms with Crippen LogP contribution < -0.4 is 20.2 Å². The van der Waals surface area contributed by atoms with E-state index in [4.69, 9.17) is 9.47 Å². The van der Waals surface area contributed by atoms with Crippen LogP contribution in [0.4, 0.5) is 5.69 Å². The first-order valence-electron chi connectivity index (χ1n) is 14.9. The van der Waals surface area contributed by atoms with Crippen molar-refractivity contribution < 1.29 is 14.3 Å². The summed E-state index contributed by atoms with van der Waals surface area (Å²) in [5, 5.41) is 3.37.